The summed E-state index contributed by atoms with van der Waals surface area (Å²) in [4.78, 5) is 279. The van der Waals surface area contributed by atoms with E-state index in [1.54, 1.807) is 96.9 Å². The lowest BCUT2D eigenvalue weighted by Crippen LogP contribution is -2.62. The number of amides is 19. The summed E-state index contributed by atoms with van der Waals surface area (Å²) in [6.07, 6.45) is 2.27. The van der Waals surface area contributed by atoms with Crippen LogP contribution in [0, 0.1) is 47.3 Å². The van der Waals surface area contributed by atoms with Gasteiger partial charge in [-0.25, -0.2) is 4.79 Å². The molecule has 1 fully saturated rings. The molecule has 0 aromatic rings. The third-order valence-electron chi connectivity index (χ3n) is 23.5. The van der Waals surface area contributed by atoms with E-state index in [-0.39, 0.29) is 94.5 Å². The van der Waals surface area contributed by atoms with E-state index in [0.717, 1.165) is 25.8 Å². The number of rotatable bonds is 67. The van der Waals surface area contributed by atoms with E-state index in [4.69, 9.17) is 17.2 Å². The highest BCUT2D eigenvalue weighted by molar-refractivity contribution is 6.05. The molecule has 19 unspecified atom stereocenters. The Morgan fingerprint density at radius 2 is 0.752 bits per heavy atom. The summed E-state index contributed by atoms with van der Waals surface area (Å²) in [5.41, 5.74) is 16.2. The number of carboxylic acid groups (broad SMARTS) is 1. The molecule has 0 saturated carbocycles. The number of nitrogens with zero attached hydrogens (tertiary/aromatic N) is 1. The molecule has 141 heavy (non-hydrogen) atoms. The van der Waals surface area contributed by atoms with Crippen molar-refractivity contribution >= 4 is 118 Å². The molecule has 0 spiro atoms. The largest absolute Gasteiger partial charge is 0.480 e. The summed E-state index contributed by atoms with van der Waals surface area (Å²) in [7, 11) is 0. The fourth-order valence-corrected chi connectivity index (χ4v) is 15.1. The van der Waals surface area contributed by atoms with E-state index in [9.17, 15) is 127 Å². The molecule has 29 N–H and O–H groups in total. The lowest BCUT2D eigenvalue weighted by Gasteiger charge is -2.31. The second-order valence-electron chi connectivity index (χ2n) is 38.5. The van der Waals surface area contributed by atoms with Gasteiger partial charge < -0.3 is 143 Å². The van der Waals surface area contributed by atoms with Gasteiger partial charge in [0, 0.05) is 19.6 Å². The van der Waals surface area contributed by atoms with E-state index in [2.05, 4.69) is 90.4 Å². The number of carboxylic acids is 1. The number of likely N-dealkylation sites (tertiary alicyclic amines) is 1. The number of unbranched alkanes of at least 4 members (excludes halogenated alkanes) is 3. The van der Waals surface area contributed by atoms with Gasteiger partial charge in [0.1, 0.15) is 108 Å². The molecule has 0 aliphatic carbocycles. The number of aliphatic carboxylic acids is 1. The summed E-state index contributed by atoms with van der Waals surface area (Å²) in [5.74, 6) is -24.1. The first kappa shape index (κ1) is 128. The van der Waals surface area contributed by atoms with Gasteiger partial charge in [0.25, 0.3) is 11.8 Å². The summed E-state index contributed by atoms with van der Waals surface area (Å²) < 4.78 is 0. The SMILES string of the molecule is C/C=C(\NC(=O)C(NC(=O)C(CC(C)C)NC(=O)C(CCC(N)=O)NC(=O)C(NC(=O)C(NC(=O)C(CC(C)C)NC(=O)C(CO)NC(=O)C(NC(=O)C(CC(C)C)NC(=O)C(CO)NC(=O)C1CCCN1C(=O)/C(=C/C)NC(=O)CC(O)CCCCC)C(C)C)C(C)C)C(C)C)C(C)C)C(=O)NC(C(=O)NC(C(=O)NC(CCO)C(=O)NC(CCN)C(=O)NC(CCCCN)C(=O)O)C(C)CC)C(C)O. The van der Waals surface area contributed by atoms with Crippen molar-refractivity contribution in [2.45, 2.75) is 363 Å². The Morgan fingerprint density at radius 3 is 1.15 bits per heavy atom. The van der Waals surface area contributed by atoms with Gasteiger partial charge in [0.05, 0.1) is 31.8 Å². The van der Waals surface area contributed by atoms with Gasteiger partial charge in [-0.15, -0.1) is 0 Å². The molecular weight excluding hydrogens is 1840 g/mol. The monoisotopic (exact) mass is 2000 g/mol. The molecule has 0 aromatic carbocycles. The molecule has 0 bridgehead atoms. The maximum atomic E-state index is 14.6. The fourth-order valence-electron chi connectivity index (χ4n) is 15.1. The zero-order valence-corrected chi connectivity index (χ0v) is 85.7. The molecule has 0 aromatic heterocycles. The number of hydrogen-bond acceptors (Lipinski definition) is 27. The predicted octanol–water partition coefficient (Wildman–Crippen LogP) is -4.00. The first-order valence-corrected chi connectivity index (χ1v) is 49.0. The molecule has 1 saturated heterocycles. The van der Waals surface area contributed by atoms with Gasteiger partial charge in [-0.2, -0.15) is 0 Å². The van der Waals surface area contributed by atoms with Crippen molar-refractivity contribution in [2.75, 3.05) is 39.5 Å². The smallest absolute Gasteiger partial charge is 0.326 e. The molecule has 1 heterocycles. The van der Waals surface area contributed by atoms with Gasteiger partial charge in [-0.05, 0) is 158 Å². The summed E-state index contributed by atoms with van der Waals surface area (Å²) in [6, 6.07) is -24.2. The van der Waals surface area contributed by atoms with Crippen LogP contribution in [0.4, 0.5) is 0 Å². The van der Waals surface area contributed by atoms with Gasteiger partial charge in [0.15, 0.2) is 0 Å². The minimum absolute atomic E-state index is 0.0258. The number of carbonyl (C=O) groups is 20. The van der Waals surface area contributed by atoms with E-state index >= 15 is 0 Å². The van der Waals surface area contributed by atoms with Crippen LogP contribution in [0.1, 0.15) is 254 Å². The van der Waals surface area contributed by atoms with Crippen molar-refractivity contribution in [3.05, 3.63) is 23.5 Å². The molecule has 802 valence electrons. The zero-order valence-electron chi connectivity index (χ0n) is 85.7. The van der Waals surface area contributed by atoms with Crippen LogP contribution in [-0.2, 0) is 95.9 Å². The second-order valence-corrected chi connectivity index (χ2v) is 38.5. The third kappa shape index (κ3) is 45.2. The highest BCUT2D eigenvalue weighted by Crippen LogP contribution is 2.23. The van der Waals surface area contributed by atoms with Crippen molar-refractivity contribution in [1.29, 1.82) is 0 Å². The van der Waals surface area contributed by atoms with Crippen LogP contribution in [0.3, 0.4) is 0 Å². The highest BCUT2D eigenvalue weighted by Gasteiger charge is 2.44. The molecule has 1 aliphatic rings. The van der Waals surface area contributed by atoms with Crippen LogP contribution >= 0.6 is 0 Å². The van der Waals surface area contributed by atoms with Crippen molar-refractivity contribution in [2.24, 2.45) is 64.5 Å². The van der Waals surface area contributed by atoms with Crippen molar-refractivity contribution in [3.63, 3.8) is 0 Å². The Balaban J connectivity index is 3.48. The molecule has 47 nitrogen and oxygen atoms in total. The van der Waals surface area contributed by atoms with Crippen molar-refractivity contribution in [1.82, 2.24) is 95.3 Å². The first-order chi connectivity index (χ1) is 66.1. The van der Waals surface area contributed by atoms with E-state index in [1.165, 1.54) is 38.7 Å². The number of aliphatic hydroxyl groups excluding tert-OH is 5. The van der Waals surface area contributed by atoms with Crippen LogP contribution in [-0.4, -0.2) is 302 Å². The minimum Gasteiger partial charge on any atom is -0.480 e. The first-order valence-electron chi connectivity index (χ1n) is 49.0. The number of nitrogens with two attached hydrogens (primary N) is 3. The second kappa shape index (κ2) is 65.6. The maximum Gasteiger partial charge on any atom is 0.326 e. The lowest BCUT2D eigenvalue weighted by atomic mass is 9.97. The molecule has 0 radical (unpaired) electrons. The van der Waals surface area contributed by atoms with E-state index in [1.807, 2.05) is 6.92 Å². The number of aliphatic hydroxyl groups is 5. The average molecular weight is 2010 g/mol. The standard InChI is InChI=1S/C94H165N21O26/c1-21-25-26-30-56(120)44-70(122)98-58(24-4)93(139)115-39-29-32-68(115)86(132)107-66(45-117)84(130)105-64(42-48(7)8)82(128)110-72(51(13)14)89(135)108-67(46-118)85(131)106-65(43-49(9)10)83(129)111-74(53(17)18)90(136)112-73(52(15)16)88(134)101-59(33-34-69(97)121)78(124)104-63(41-47(5)6)81(127)109-71(50(11)12)87(133)99-57(23-3)77(123)114-76(55(20)119)92(138)113-75(54(19)22-2)91(137)102-61(36-40-116)80(126)100-60(35-38-96)79(125)103-62(94(140)141)31-27-28-37-95/h23-24,47-56,59-68,71-76,116-120H,21-22,25-46,95-96H2,1-20H3,(H2,97,121)(H,98,122)(H,99,133)(H,100,126)(H,101,134)(H,102,137)(H,103,125)(H,104,124)(H,105,130)(H,106,131)(H,107,132)(H,108,135)(H,109,127)(H,110,128)(H,111,129)(H,112,136)(H,113,138)(H,114,123)(H,140,141)/b57-23-,58-24-. The maximum absolute atomic E-state index is 14.6. The topological polar surface area (TPSA) is 749 Å². The van der Waals surface area contributed by atoms with Crippen LogP contribution in [0.2, 0.25) is 0 Å². The summed E-state index contributed by atoms with van der Waals surface area (Å²) in [6.45, 7) is 29.4. The molecular formula is C94H165N21O26. The Morgan fingerprint density at radius 1 is 0.383 bits per heavy atom. The zero-order chi connectivity index (χ0) is 108. The Labute approximate surface area is 826 Å². The van der Waals surface area contributed by atoms with E-state index < -0.39 is 301 Å². The number of primary amides is 1. The number of hydrogen-bond donors (Lipinski definition) is 26. The predicted molar refractivity (Wildman–Crippen MR) is 520 cm³/mol. The summed E-state index contributed by atoms with van der Waals surface area (Å²) in [5, 5.41) is 105. The quantitative estimate of drug-likeness (QED) is 0.0204. The summed E-state index contributed by atoms with van der Waals surface area (Å²) >= 11 is 0. The van der Waals surface area contributed by atoms with Gasteiger partial charge in [-0.3, -0.25) is 91.1 Å². The van der Waals surface area contributed by atoms with Gasteiger partial charge in [0.2, 0.25) is 100 Å². The number of carbonyl (C=O) groups excluding carboxylic acids is 19. The number of allylic oxidation sites excluding steroid dienone is 2. The molecule has 1 aliphatic heterocycles. The van der Waals surface area contributed by atoms with Crippen LogP contribution < -0.4 is 108 Å². The molecule has 1 rings (SSSR count). The third-order valence-corrected chi connectivity index (χ3v) is 23.5. The van der Waals surface area contributed by atoms with Crippen LogP contribution in [0.15, 0.2) is 23.5 Å². The Bertz CT molecular complexity index is 4200. The van der Waals surface area contributed by atoms with Crippen LogP contribution in [0.25, 0.3) is 0 Å². The Kier molecular flexibility index (Phi) is 59.4. The normalized spacial score (nSPS) is 16.7. The minimum atomic E-state index is -1.85. The lowest BCUT2D eigenvalue weighted by molar-refractivity contribution is -0.142. The number of nitrogens with one attached hydrogen (secondary N) is 17. The average Bonchev–Trinajstić information content (AvgIpc) is 1.69. The van der Waals surface area contributed by atoms with Gasteiger partial charge in [-0.1, -0.05) is 156 Å². The van der Waals surface area contributed by atoms with Crippen molar-refractivity contribution < 1.29 is 127 Å². The van der Waals surface area contributed by atoms with Crippen molar-refractivity contribution in [3.8, 4) is 0 Å². The van der Waals surface area contributed by atoms with E-state index in [0.29, 0.717) is 32.1 Å². The fraction of sp³-hybridized carbons (Fsp3) is 0.745. The molecule has 19 amide bonds. The van der Waals surface area contributed by atoms with Gasteiger partial charge >= 0.3 is 5.97 Å². The molecule has 47 heteroatoms. The van der Waals surface area contributed by atoms with Crippen LogP contribution in [0.5, 0.6) is 0 Å². The highest BCUT2D eigenvalue weighted by atomic mass is 16.4. The Hall–Kier alpha value is -11.4. The molecule has 19 atom stereocenters.